The van der Waals surface area contributed by atoms with Gasteiger partial charge in [-0.25, -0.2) is 0 Å². The van der Waals surface area contributed by atoms with Crippen molar-refractivity contribution in [3.63, 3.8) is 0 Å². The fourth-order valence-corrected chi connectivity index (χ4v) is 2.57. The number of hydrogen-bond donors (Lipinski definition) is 0. The Morgan fingerprint density at radius 1 is 1.25 bits per heavy atom. The van der Waals surface area contributed by atoms with Gasteiger partial charge in [0.2, 0.25) is 0 Å². The van der Waals surface area contributed by atoms with E-state index in [4.69, 9.17) is 0 Å². The first kappa shape index (κ1) is 9.83. The summed E-state index contributed by atoms with van der Waals surface area (Å²) in [5.41, 5.74) is 1.41. The van der Waals surface area contributed by atoms with Gasteiger partial charge in [0.05, 0.1) is 0 Å². The SMILES string of the molecule is C=C(C)C1CCCCC1C(C)C. The van der Waals surface area contributed by atoms with Crippen LogP contribution in [0.2, 0.25) is 0 Å². The van der Waals surface area contributed by atoms with E-state index in [0.717, 1.165) is 17.8 Å². The summed E-state index contributed by atoms with van der Waals surface area (Å²) in [4.78, 5) is 0. The highest BCUT2D eigenvalue weighted by Crippen LogP contribution is 2.38. The van der Waals surface area contributed by atoms with Gasteiger partial charge in [0, 0.05) is 0 Å². The molecule has 2 unspecified atom stereocenters. The Kier molecular flexibility index (Phi) is 3.37. The van der Waals surface area contributed by atoms with Crippen LogP contribution in [0, 0.1) is 17.8 Å². The first-order valence-electron chi connectivity index (χ1n) is 5.28. The molecule has 0 aromatic heterocycles. The van der Waals surface area contributed by atoms with Crippen molar-refractivity contribution in [2.24, 2.45) is 17.8 Å². The quantitative estimate of drug-likeness (QED) is 0.543. The second-order valence-electron chi connectivity index (χ2n) is 4.65. The van der Waals surface area contributed by atoms with Gasteiger partial charge in [0.25, 0.3) is 0 Å². The maximum absolute atomic E-state index is 4.11. The lowest BCUT2D eigenvalue weighted by Gasteiger charge is -2.34. The van der Waals surface area contributed by atoms with Crippen LogP contribution in [0.5, 0.6) is 0 Å². The van der Waals surface area contributed by atoms with Crippen molar-refractivity contribution in [2.45, 2.75) is 46.5 Å². The molecule has 0 radical (unpaired) electrons. The second-order valence-corrected chi connectivity index (χ2v) is 4.65. The van der Waals surface area contributed by atoms with Crippen LogP contribution in [0.15, 0.2) is 12.2 Å². The maximum Gasteiger partial charge on any atom is -0.0178 e. The first-order valence-corrected chi connectivity index (χ1v) is 5.28. The third-order valence-corrected chi connectivity index (χ3v) is 3.31. The van der Waals surface area contributed by atoms with Crippen molar-refractivity contribution >= 4 is 0 Å². The number of rotatable bonds is 2. The Bertz CT molecular complexity index is 155. The Morgan fingerprint density at radius 3 is 2.25 bits per heavy atom. The van der Waals surface area contributed by atoms with E-state index >= 15 is 0 Å². The van der Waals surface area contributed by atoms with E-state index in [1.54, 1.807) is 0 Å². The molecule has 0 N–H and O–H groups in total. The van der Waals surface area contributed by atoms with Gasteiger partial charge >= 0.3 is 0 Å². The normalized spacial score (nSPS) is 30.7. The molecule has 1 aliphatic rings. The monoisotopic (exact) mass is 166 g/mol. The van der Waals surface area contributed by atoms with Gasteiger partial charge in [-0.1, -0.05) is 38.8 Å². The predicted octanol–water partition coefficient (Wildman–Crippen LogP) is 4.02. The number of hydrogen-bond acceptors (Lipinski definition) is 0. The zero-order valence-corrected chi connectivity index (χ0v) is 8.77. The van der Waals surface area contributed by atoms with Gasteiger partial charge < -0.3 is 0 Å². The van der Waals surface area contributed by atoms with E-state index in [-0.39, 0.29) is 0 Å². The molecular weight excluding hydrogens is 144 g/mol. The highest BCUT2D eigenvalue weighted by atomic mass is 14.3. The Balaban J connectivity index is 2.60. The van der Waals surface area contributed by atoms with E-state index in [2.05, 4.69) is 27.4 Å². The van der Waals surface area contributed by atoms with Gasteiger partial charge in [-0.15, -0.1) is 0 Å². The molecule has 0 aromatic rings. The summed E-state index contributed by atoms with van der Waals surface area (Å²) >= 11 is 0. The average Bonchev–Trinajstić information content (AvgIpc) is 2.04. The summed E-state index contributed by atoms with van der Waals surface area (Å²) in [7, 11) is 0. The van der Waals surface area contributed by atoms with Crippen molar-refractivity contribution in [1.82, 2.24) is 0 Å². The fourth-order valence-electron chi connectivity index (χ4n) is 2.57. The number of allylic oxidation sites excluding steroid dienone is 1. The minimum atomic E-state index is 0.818. The summed E-state index contributed by atoms with van der Waals surface area (Å²) in [6.07, 6.45) is 5.67. The molecule has 1 fully saturated rings. The highest BCUT2D eigenvalue weighted by Gasteiger charge is 2.27. The molecule has 0 nitrogen and oxygen atoms in total. The molecule has 0 heterocycles. The maximum atomic E-state index is 4.11. The molecule has 0 aliphatic heterocycles. The van der Waals surface area contributed by atoms with Crippen molar-refractivity contribution in [3.8, 4) is 0 Å². The van der Waals surface area contributed by atoms with Crippen LogP contribution < -0.4 is 0 Å². The second kappa shape index (κ2) is 4.11. The van der Waals surface area contributed by atoms with Crippen molar-refractivity contribution in [1.29, 1.82) is 0 Å². The van der Waals surface area contributed by atoms with Crippen LogP contribution in [0.25, 0.3) is 0 Å². The summed E-state index contributed by atoms with van der Waals surface area (Å²) in [5.74, 6) is 2.57. The third-order valence-electron chi connectivity index (χ3n) is 3.31. The van der Waals surface area contributed by atoms with Crippen molar-refractivity contribution < 1.29 is 0 Å². The molecule has 1 rings (SSSR count). The van der Waals surface area contributed by atoms with Crippen molar-refractivity contribution in [3.05, 3.63) is 12.2 Å². The lowest BCUT2D eigenvalue weighted by atomic mass is 9.71. The van der Waals surface area contributed by atoms with Gasteiger partial charge in [-0.2, -0.15) is 0 Å². The molecule has 0 amide bonds. The van der Waals surface area contributed by atoms with Gasteiger partial charge in [0.15, 0.2) is 0 Å². The molecule has 0 aromatic carbocycles. The van der Waals surface area contributed by atoms with Crippen LogP contribution in [-0.4, -0.2) is 0 Å². The summed E-state index contributed by atoms with van der Waals surface area (Å²) < 4.78 is 0. The van der Waals surface area contributed by atoms with Crippen LogP contribution in [-0.2, 0) is 0 Å². The van der Waals surface area contributed by atoms with E-state index < -0.39 is 0 Å². The fraction of sp³-hybridized carbons (Fsp3) is 0.833. The molecule has 70 valence electrons. The molecule has 1 saturated carbocycles. The zero-order chi connectivity index (χ0) is 9.14. The van der Waals surface area contributed by atoms with Crippen LogP contribution in [0.4, 0.5) is 0 Å². The molecule has 0 saturated heterocycles. The summed E-state index contributed by atoms with van der Waals surface area (Å²) in [5, 5.41) is 0. The Hall–Kier alpha value is -0.260. The largest absolute Gasteiger partial charge is 0.0999 e. The molecule has 1 aliphatic carbocycles. The van der Waals surface area contributed by atoms with E-state index in [9.17, 15) is 0 Å². The molecule has 0 heteroatoms. The minimum Gasteiger partial charge on any atom is -0.0999 e. The highest BCUT2D eigenvalue weighted by molar-refractivity contribution is 5.00. The molecule has 0 bridgehead atoms. The van der Waals surface area contributed by atoms with Crippen LogP contribution in [0.3, 0.4) is 0 Å². The molecular formula is C12H22. The topological polar surface area (TPSA) is 0 Å². The lowest BCUT2D eigenvalue weighted by Crippen LogP contribution is -2.24. The average molecular weight is 166 g/mol. The zero-order valence-electron chi connectivity index (χ0n) is 8.77. The smallest absolute Gasteiger partial charge is 0.0178 e. The molecule has 2 atom stereocenters. The van der Waals surface area contributed by atoms with Gasteiger partial charge in [0.1, 0.15) is 0 Å². The van der Waals surface area contributed by atoms with E-state index in [1.807, 2.05) is 0 Å². The van der Waals surface area contributed by atoms with Crippen molar-refractivity contribution in [2.75, 3.05) is 0 Å². The summed E-state index contributed by atoms with van der Waals surface area (Å²) in [6, 6.07) is 0. The minimum absolute atomic E-state index is 0.818. The van der Waals surface area contributed by atoms with Crippen LogP contribution >= 0.6 is 0 Å². The predicted molar refractivity (Wildman–Crippen MR) is 55.1 cm³/mol. The molecule has 12 heavy (non-hydrogen) atoms. The van der Waals surface area contributed by atoms with Gasteiger partial charge in [-0.05, 0) is 37.5 Å². The molecule has 0 spiro atoms. The third kappa shape index (κ3) is 2.12. The Morgan fingerprint density at radius 2 is 1.83 bits per heavy atom. The van der Waals surface area contributed by atoms with Crippen LogP contribution in [0.1, 0.15) is 46.5 Å². The van der Waals surface area contributed by atoms with E-state index in [0.29, 0.717) is 0 Å². The summed E-state index contributed by atoms with van der Waals surface area (Å²) in [6.45, 7) is 11.0. The first-order chi connectivity index (χ1) is 5.63. The standard InChI is InChI=1S/C12H22/c1-9(2)11-7-5-6-8-12(11)10(3)4/h10-12H,1,5-8H2,2-4H3. The lowest BCUT2D eigenvalue weighted by molar-refractivity contribution is 0.209. The Labute approximate surface area is 77.1 Å². The van der Waals surface area contributed by atoms with E-state index in [1.165, 1.54) is 31.3 Å². The van der Waals surface area contributed by atoms with Gasteiger partial charge in [-0.3, -0.25) is 0 Å².